The molecule has 0 bridgehead atoms. The molecule has 0 saturated heterocycles. The van der Waals surface area contributed by atoms with Crippen molar-refractivity contribution in [3.05, 3.63) is 54.1 Å². The molecule has 0 aliphatic heterocycles. The number of rotatable bonds is 7. The molecule has 1 N–H and O–H groups in total. The van der Waals surface area contributed by atoms with Gasteiger partial charge in [0.25, 0.3) is 5.91 Å². The van der Waals surface area contributed by atoms with Gasteiger partial charge in [0, 0.05) is 11.8 Å². The van der Waals surface area contributed by atoms with Gasteiger partial charge in [0.1, 0.15) is 11.5 Å². The number of amides is 1. The van der Waals surface area contributed by atoms with Gasteiger partial charge in [0.2, 0.25) is 0 Å². The molecule has 0 unspecified atom stereocenters. The molecule has 2 aromatic carbocycles. The van der Waals surface area contributed by atoms with Crippen LogP contribution in [0.4, 0.5) is 5.69 Å². The minimum Gasteiger partial charge on any atom is -0.497 e. The van der Waals surface area contributed by atoms with E-state index in [2.05, 4.69) is 5.32 Å². The van der Waals surface area contributed by atoms with E-state index in [1.54, 1.807) is 62.6 Å². The minimum atomic E-state index is -0.429. The Labute approximate surface area is 140 Å². The summed E-state index contributed by atoms with van der Waals surface area (Å²) in [6, 6.07) is 13.5. The summed E-state index contributed by atoms with van der Waals surface area (Å²) in [6.45, 7) is 1.88. The van der Waals surface area contributed by atoms with Crippen LogP contribution in [0, 0.1) is 0 Å². The molecule has 126 valence electrons. The van der Waals surface area contributed by atoms with Crippen LogP contribution in [0.2, 0.25) is 0 Å². The molecule has 6 nitrogen and oxygen atoms in total. The molecule has 0 heterocycles. The van der Waals surface area contributed by atoms with Crippen molar-refractivity contribution < 1.29 is 23.8 Å². The van der Waals surface area contributed by atoms with Gasteiger partial charge in [-0.05, 0) is 37.3 Å². The van der Waals surface area contributed by atoms with E-state index in [0.717, 1.165) is 0 Å². The predicted octanol–water partition coefficient (Wildman–Crippen LogP) is 2.89. The molecule has 0 saturated carbocycles. The summed E-state index contributed by atoms with van der Waals surface area (Å²) >= 11 is 0. The summed E-state index contributed by atoms with van der Waals surface area (Å²) < 4.78 is 15.4. The summed E-state index contributed by atoms with van der Waals surface area (Å²) in [5, 5.41) is 2.68. The second kappa shape index (κ2) is 8.57. The lowest BCUT2D eigenvalue weighted by atomic mass is 10.2. The first-order valence-corrected chi connectivity index (χ1v) is 7.46. The van der Waals surface area contributed by atoms with Gasteiger partial charge in [-0.3, -0.25) is 4.79 Å². The SMILES string of the molecule is CCOC(=O)c1cccc(NC(=O)COc2cccc(OC)c2)c1. The number of nitrogens with one attached hydrogen (secondary N) is 1. The van der Waals surface area contributed by atoms with Crippen molar-refractivity contribution in [3.8, 4) is 11.5 Å². The first kappa shape index (κ1) is 17.3. The maximum absolute atomic E-state index is 12.0. The highest BCUT2D eigenvalue weighted by Gasteiger charge is 2.09. The number of ether oxygens (including phenoxy) is 3. The first-order chi connectivity index (χ1) is 11.6. The maximum Gasteiger partial charge on any atom is 0.338 e. The van der Waals surface area contributed by atoms with Crippen LogP contribution in [0.3, 0.4) is 0 Å². The summed E-state index contributed by atoms with van der Waals surface area (Å²) in [5.41, 5.74) is 0.878. The average Bonchev–Trinajstić information content (AvgIpc) is 2.60. The summed E-state index contributed by atoms with van der Waals surface area (Å²) in [4.78, 5) is 23.6. The molecule has 0 spiro atoms. The van der Waals surface area contributed by atoms with E-state index in [0.29, 0.717) is 29.4 Å². The Kier molecular flexibility index (Phi) is 6.19. The summed E-state index contributed by atoms with van der Waals surface area (Å²) in [7, 11) is 1.56. The molecule has 2 rings (SSSR count). The van der Waals surface area contributed by atoms with Crippen LogP contribution in [-0.4, -0.2) is 32.2 Å². The Morgan fingerprint density at radius 2 is 1.79 bits per heavy atom. The third kappa shape index (κ3) is 5.01. The van der Waals surface area contributed by atoms with Crippen LogP contribution in [0.15, 0.2) is 48.5 Å². The van der Waals surface area contributed by atoms with E-state index < -0.39 is 5.97 Å². The van der Waals surface area contributed by atoms with E-state index in [1.165, 1.54) is 0 Å². The number of hydrogen-bond donors (Lipinski definition) is 1. The van der Waals surface area contributed by atoms with Crippen molar-refractivity contribution in [2.75, 3.05) is 25.6 Å². The van der Waals surface area contributed by atoms with Gasteiger partial charge in [-0.2, -0.15) is 0 Å². The molecular weight excluding hydrogens is 310 g/mol. The number of benzene rings is 2. The van der Waals surface area contributed by atoms with E-state index in [4.69, 9.17) is 14.2 Å². The maximum atomic E-state index is 12.0. The second-order valence-electron chi connectivity index (χ2n) is 4.82. The van der Waals surface area contributed by atoms with Gasteiger partial charge >= 0.3 is 5.97 Å². The lowest BCUT2D eigenvalue weighted by Gasteiger charge is -2.09. The van der Waals surface area contributed by atoms with Crippen molar-refractivity contribution in [1.82, 2.24) is 0 Å². The number of hydrogen-bond acceptors (Lipinski definition) is 5. The molecule has 0 atom stereocenters. The van der Waals surface area contributed by atoms with E-state index in [1.807, 2.05) is 0 Å². The number of carbonyl (C=O) groups is 2. The van der Waals surface area contributed by atoms with Gasteiger partial charge in [-0.15, -0.1) is 0 Å². The zero-order valence-electron chi connectivity index (χ0n) is 13.6. The standard InChI is InChI=1S/C18H19NO5/c1-3-23-18(21)13-6-4-7-14(10-13)19-17(20)12-24-16-9-5-8-15(11-16)22-2/h4-11H,3,12H2,1-2H3,(H,19,20). The third-order valence-corrected chi connectivity index (χ3v) is 3.07. The monoisotopic (exact) mass is 329 g/mol. The van der Waals surface area contributed by atoms with Gasteiger partial charge in [0.05, 0.1) is 19.3 Å². The number of anilines is 1. The lowest BCUT2D eigenvalue weighted by molar-refractivity contribution is -0.118. The van der Waals surface area contributed by atoms with Gasteiger partial charge in [0.15, 0.2) is 6.61 Å². The fourth-order valence-electron chi connectivity index (χ4n) is 1.98. The van der Waals surface area contributed by atoms with Crippen molar-refractivity contribution >= 4 is 17.6 Å². The van der Waals surface area contributed by atoms with E-state index in [-0.39, 0.29) is 12.5 Å². The molecule has 1 amide bonds. The van der Waals surface area contributed by atoms with Crippen molar-refractivity contribution in [3.63, 3.8) is 0 Å². The van der Waals surface area contributed by atoms with Crippen LogP contribution >= 0.6 is 0 Å². The average molecular weight is 329 g/mol. The largest absolute Gasteiger partial charge is 0.497 e. The number of carbonyl (C=O) groups excluding carboxylic acids is 2. The molecule has 0 aromatic heterocycles. The highest BCUT2D eigenvalue weighted by molar-refractivity contribution is 5.95. The molecule has 6 heteroatoms. The Morgan fingerprint density at radius 1 is 1.04 bits per heavy atom. The van der Waals surface area contributed by atoms with Crippen molar-refractivity contribution in [2.24, 2.45) is 0 Å². The smallest absolute Gasteiger partial charge is 0.338 e. The van der Waals surface area contributed by atoms with Crippen LogP contribution in [0.5, 0.6) is 11.5 Å². The van der Waals surface area contributed by atoms with Crippen LogP contribution < -0.4 is 14.8 Å². The highest BCUT2D eigenvalue weighted by Crippen LogP contribution is 2.19. The normalized spacial score (nSPS) is 9.92. The van der Waals surface area contributed by atoms with Gasteiger partial charge < -0.3 is 19.5 Å². The van der Waals surface area contributed by atoms with Crippen LogP contribution in [0.1, 0.15) is 17.3 Å². The Bertz CT molecular complexity index is 714. The molecular formula is C18H19NO5. The topological polar surface area (TPSA) is 73.9 Å². The Balaban J connectivity index is 1.92. The van der Waals surface area contributed by atoms with E-state index >= 15 is 0 Å². The van der Waals surface area contributed by atoms with Crippen LogP contribution in [-0.2, 0) is 9.53 Å². The Hall–Kier alpha value is -3.02. The van der Waals surface area contributed by atoms with E-state index in [9.17, 15) is 9.59 Å². The fourth-order valence-corrected chi connectivity index (χ4v) is 1.98. The Morgan fingerprint density at radius 3 is 2.54 bits per heavy atom. The first-order valence-electron chi connectivity index (χ1n) is 7.46. The molecule has 0 fully saturated rings. The van der Waals surface area contributed by atoms with Gasteiger partial charge in [-0.25, -0.2) is 4.79 Å². The summed E-state index contributed by atoms with van der Waals surface area (Å²) in [5.74, 6) is 0.417. The molecule has 0 aliphatic carbocycles. The summed E-state index contributed by atoms with van der Waals surface area (Å²) in [6.07, 6.45) is 0. The zero-order chi connectivity index (χ0) is 17.4. The van der Waals surface area contributed by atoms with Crippen molar-refractivity contribution in [2.45, 2.75) is 6.92 Å². The zero-order valence-corrected chi connectivity index (χ0v) is 13.6. The molecule has 24 heavy (non-hydrogen) atoms. The van der Waals surface area contributed by atoms with Gasteiger partial charge in [-0.1, -0.05) is 12.1 Å². The minimum absolute atomic E-state index is 0.156. The second-order valence-corrected chi connectivity index (χ2v) is 4.82. The fraction of sp³-hybridized carbons (Fsp3) is 0.222. The predicted molar refractivity (Wildman–Crippen MR) is 89.5 cm³/mol. The molecule has 0 aliphatic rings. The quantitative estimate of drug-likeness (QED) is 0.791. The molecule has 2 aromatic rings. The number of methoxy groups -OCH3 is 1. The third-order valence-electron chi connectivity index (χ3n) is 3.07. The highest BCUT2D eigenvalue weighted by atomic mass is 16.5. The van der Waals surface area contributed by atoms with Crippen LogP contribution in [0.25, 0.3) is 0 Å². The lowest BCUT2D eigenvalue weighted by Crippen LogP contribution is -2.20. The van der Waals surface area contributed by atoms with Crippen molar-refractivity contribution in [1.29, 1.82) is 0 Å². The molecule has 0 radical (unpaired) electrons. The number of esters is 1.